The van der Waals surface area contributed by atoms with E-state index in [1.54, 1.807) is 18.6 Å². The molecule has 2 unspecified atom stereocenters. The second-order valence-corrected chi connectivity index (χ2v) is 5.80. The molecule has 0 saturated heterocycles. The lowest BCUT2D eigenvalue weighted by atomic mass is 10.1. The van der Waals surface area contributed by atoms with Crippen LogP contribution in [0.4, 0.5) is 0 Å². The SMILES string of the molecule is Cc1cc(Cl)c(C(=O)NC2CCCC2n2ccnc2)cn1. The quantitative estimate of drug-likeness (QED) is 0.948. The zero-order valence-electron chi connectivity index (χ0n) is 11.8. The first-order valence-corrected chi connectivity index (χ1v) is 7.43. The number of nitrogens with zero attached hydrogens (tertiary/aromatic N) is 3. The predicted molar refractivity (Wildman–Crippen MR) is 80.4 cm³/mol. The molecule has 0 spiro atoms. The Morgan fingerprint density at radius 1 is 1.48 bits per heavy atom. The number of hydrogen-bond donors (Lipinski definition) is 1. The van der Waals surface area contributed by atoms with Crippen LogP contribution in [-0.4, -0.2) is 26.5 Å². The summed E-state index contributed by atoms with van der Waals surface area (Å²) in [5.41, 5.74) is 1.23. The van der Waals surface area contributed by atoms with Crippen molar-refractivity contribution in [2.45, 2.75) is 38.3 Å². The molecule has 0 radical (unpaired) electrons. The van der Waals surface area contributed by atoms with Gasteiger partial charge in [0.25, 0.3) is 5.91 Å². The Labute approximate surface area is 128 Å². The second kappa shape index (κ2) is 5.85. The van der Waals surface area contributed by atoms with Crippen LogP contribution in [0.15, 0.2) is 31.0 Å². The average molecular weight is 305 g/mol. The van der Waals surface area contributed by atoms with Crippen LogP contribution < -0.4 is 5.32 Å². The molecule has 2 aromatic rings. The van der Waals surface area contributed by atoms with E-state index in [1.807, 2.05) is 13.1 Å². The van der Waals surface area contributed by atoms with Crippen molar-refractivity contribution in [3.05, 3.63) is 47.3 Å². The fourth-order valence-electron chi connectivity index (χ4n) is 2.87. The van der Waals surface area contributed by atoms with E-state index in [-0.39, 0.29) is 18.0 Å². The lowest BCUT2D eigenvalue weighted by molar-refractivity contribution is 0.0928. The van der Waals surface area contributed by atoms with Crippen LogP contribution in [0.25, 0.3) is 0 Å². The normalized spacial score (nSPS) is 21.4. The largest absolute Gasteiger partial charge is 0.347 e. The number of carbonyl (C=O) groups excluding carboxylic acids is 1. The van der Waals surface area contributed by atoms with Crippen molar-refractivity contribution in [2.75, 3.05) is 0 Å². The van der Waals surface area contributed by atoms with Gasteiger partial charge in [-0.25, -0.2) is 4.98 Å². The maximum absolute atomic E-state index is 12.4. The van der Waals surface area contributed by atoms with Crippen molar-refractivity contribution >= 4 is 17.5 Å². The summed E-state index contributed by atoms with van der Waals surface area (Å²) in [5, 5.41) is 3.52. The first-order chi connectivity index (χ1) is 10.1. The molecular weight excluding hydrogens is 288 g/mol. The molecule has 2 heterocycles. The zero-order valence-corrected chi connectivity index (χ0v) is 12.5. The smallest absolute Gasteiger partial charge is 0.254 e. The van der Waals surface area contributed by atoms with Gasteiger partial charge in [-0.05, 0) is 32.3 Å². The first kappa shape index (κ1) is 14.1. The van der Waals surface area contributed by atoms with Gasteiger partial charge in [0.15, 0.2) is 0 Å². The Bertz CT molecular complexity index is 641. The summed E-state index contributed by atoms with van der Waals surface area (Å²) >= 11 is 6.13. The standard InChI is InChI=1S/C15H17ClN4O/c1-10-7-12(16)11(8-18-10)15(21)19-13-3-2-4-14(13)20-6-5-17-9-20/h5-9,13-14H,2-4H2,1H3,(H,19,21). The molecule has 6 heteroatoms. The third kappa shape index (κ3) is 2.93. The minimum atomic E-state index is -0.162. The fraction of sp³-hybridized carbons (Fsp3) is 0.400. The molecule has 2 aromatic heterocycles. The van der Waals surface area contributed by atoms with E-state index in [0.29, 0.717) is 10.6 Å². The number of carbonyl (C=O) groups is 1. The van der Waals surface area contributed by atoms with Crippen molar-refractivity contribution in [3.8, 4) is 0 Å². The number of hydrogen-bond acceptors (Lipinski definition) is 3. The molecular formula is C15H17ClN4O. The third-order valence-corrected chi connectivity index (χ3v) is 4.25. The third-order valence-electron chi connectivity index (χ3n) is 3.94. The molecule has 0 aliphatic heterocycles. The second-order valence-electron chi connectivity index (χ2n) is 5.39. The number of amides is 1. The Hall–Kier alpha value is -1.88. The highest BCUT2D eigenvalue weighted by atomic mass is 35.5. The first-order valence-electron chi connectivity index (χ1n) is 7.05. The van der Waals surface area contributed by atoms with E-state index in [9.17, 15) is 4.79 Å². The van der Waals surface area contributed by atoms with Crippen molar-refractivity contribution in [1.82, 2.24) is 19.9 Å². The summed E-state index contributed by atoms with van der Waals surface area (Å²) in [6.45, 7) is 1.85. The molecule has 0 bridgehead atoms. The van der Waals surface area contributed by atoms with Gasteiger partial charge in [0.2, 0.25) is 0 Å². The molecule has 1 amide bonds. The Balaban J connectivity index is 1.75. The molecule has 5 nitrogen and oxygen atoms in total. The zero-order chi connectivity index (χ0) is 14.8. The number of pyridine rings is 1. The predicted octanol–water partition coefficient (Wildman–Crippen LogP) is 2.76. The minimum absolute atomic E-state index is 0.101. The van der Waals surface area contributed by atoms with Gasteiger partial charge in [0.05, 0.1) is 23.0 Å². The minimum Gasteiger partial charge on any atom is -0.347 e. The molecule has 3 rings (SSSR count). The van der Waals surface area contributed by atoms with Gasteiger partial charge in [0.1, 0.15) is 0 Å². The molecule has 1 aliphatic carbocycles. The van der Waals surface area contributed by atoms with Crippen molar-refractivity contribution in [1.29, 1.82) is 0 Å². The van der Waals surface area contributed by atoms with Gasteiger partial charge in [-0.1, -0.05) is 11.6 Å². The Kier molecular flexibility index (Phi) is 3.92. The number of halogens is 1. The summed E-state index contributed by atoms with van der Waals surface area (Å²) in [5.74, 6) is -0.162. The lowest BCUT2D eigenvalue weighted by Crippen LogP contribution is -2.38. The van der Waals surface area contributed by atoms with Crippen LogP contribution in [0.5, 0.6) is 0 Å². The molecule has 21 heavy (non-hydrogen) atoms. The fourth-order valence-corrected chi connectivity index (χ4v) is 3.16. The van der Waals surface area contributed by atoms with Crippen LogP contribution in [0.2, 0.25) is 5.02 Å². The topological polar surface area (TPSA) is 59.8 Å². The average Bonchev–Trinajstić information content (AvgIpc) is 3.08. The summed E-state index contributed by atoms with van der Waals surface area (Å²) in [7, 11) is 0. The van der Waals surface area contributed by atoms with E-state index in [1.165, 1.54) is 6.20 Å². The summed E-state index contributed by atoms with van der Waals surface area (Å²) in [4.78, 5) is 20.6. The number of rotatable bonds is 3. The summed E-state index contributed by atoms with van der Waals surface area (Å²) in [6, 6.07) is 2.07. The van der Waals surface area contributed by atoms with Crippen LogP contribution in [0.1, 0.15) is 41.4 Å². The molecule has 110 valence electrons. The highest BCUT2D eigenvalue weighted by molar-refractivity contribution is 6.33. The molecule has 1 fully saturated rings. The van der Waals surface area contributed by atoms with Crippen molar-refractivity contribution in [2.24, 2.45) is 0 Å². The Morgan fingerprint density at radius 2 is 2.33 bits per heavy atom. The molecule has 0 aromatic carbocycles. The molecule has 1 aliphatic rings. The van der Waals surface area contributed by atoms with E-state index in [0.717, 1.165) is 25.0 Å². The molecule has 1 N–H and O–H groups in total. The van der Waals surface area contributed by atoms with Gasteiger partial charge < -0.3 is 9.88 Å². The van der Waals surface area contributed by atoms with Gasteiger partial charge in [-0.3, -0.25) is 9.78 Å². The van der Waals surface area contributed by atoms with Gasteiger partial charge in [0, 0.05) is 30.3 Å². The molecule has 2 atom stereocenters. The number of aryl methyl sites for hydroxylation is 1. The van der Waals surface area contributed by atoms with Gasteiger partial charge >= 0.3 is 0 Å². The van der Waals surface area contributed by atoms with E-state index >= 15 is 0 Å². The molecule has 1 saturated carbocycles. The number of aromatic nitrogens is 3. The van der Waals surface area contributed by atoms with E-state index in [4.69, 9.17) is 11.6 Å². The summed E-state index contributed by atoms with van der Waals surface area (Å²) < 4.78 is 2.06. The summed E-state index contributed by atoms with van der Waals surface area (Å²) in [6.07, 6.45) is 10.1. The number of nitrogens with one attached hydrogen (secondary N) is 1. The van der Waals surface area contributed by atoms with Crippen molar-refractivity contribution < 1.29 is 4.79 Å². The van der Waals surface area contributed by atoms with Crippen molar-refractivity contribution in [3.63, 3.8) is 0 Å². The maximum atomic E-state index is 12.4. The Morgan fingerprint density at radius 3 is 3.05 bits per heavy atom. The van der Waals surface area contributed by atoms with Crippen LogP contribution in [-0.2, 0) is 0 Å². The van der Waals surface area contributed by atoms with Crippen LogP contribution in [0.3, 0.4) is 0 Å². The highest BCUT2D eigenvalue weighted by Gasteiger charge is 2.30. The number of imidazole rings is 1. The monoisotopic (exact) mass is 304 g/mol. The van der Waals surface area contributed by atoms with Gasteiger partial charge in [-0.2, -0.15) is 0 Å². The maximum Gasteiger partial charge on any atom is 0.254 e. The highest BCUT2D eigenvalue weighted by Crippen LogP contribution is 2.30. The van der Waals surface area contributed by atoms with Gasteiger partial charge in [-0.15, -0.1) is 0 Å². The van der Waals surface area contributed by atoms with Crippen LogP contribution in [0, 0.1) is 6.92 Å². The lowest BCUT2D eigenvalue weighted by Gasteiger charge is -2.22. The van der Waals surface area contributed by atoms with E-state index in [2.05, 4.69) is 19.9 Å². The van der Waals surface area contributed by atoms with E-state index < -0.39 is 0 Å². The van der Waals surface area contributed by atoms with Crippen LogP contribution >= 0.6 is 11.6 Å².